The molecule has 5 nitrogen and oxygen atoms in total. The number of benzene rings is 2. The molecule has 1 aliphatic rings. The minimum absolute atomic E-state index is 0.0145. The molecule has 1 aliphatic heterocycles. The summed E-state index contributed by atoms with van der Waals surface area (Å²) in [6, 6.07) is 9.92. The highest BCUT2D eigenvalue weighted by molar-refractivity contribution is 9.10. The van der Waals surface area contributed by atoms with Gasteiger partial charge in [0.15, 0.2) is 0 Å². The van der Waals surface area contributed by atoms with Crippen LogP contribution in [0, 0.1) is 0 Å². The number of rotatable bonds is 5. The second kappa shape index (κ2) is 8.35. The number of halogens is 3. The van der Waals surface area contributed by atoms with Crippen molar-refractivity contribution < 1.29 is 8.42 Å². The van der Waals surface area contributed by atoms with Gasteiger partial charge in [0, 0.05) is 15.5 Å². The zero-order valence-electron chi connectivity index (χ0n) is 13.7. The number of sulfonamides is 1. The highest BCUT2D eigenvalue weighted by atomic mass is 79.9. The summed E-state index contributed by atoms with van der Waals surface area (Å²) in [7, 11) is -3.82. The van der Waals surface area contributed by atoms with Gasteiger partial charge in [0.1, 0.15) is 4.90 Å². The first-order valence-electron chi connectivity index (χ1n) is 8.10. The van der Waals surface area contributed by atoms with Crippen LogP contribution in [0.5, 0.6) is 0 Å². The Morgan fingerprint density at radius 3 is 2.50 bits per heavy atom. The summed E-state index contributed by atoms with van der Waals surface area (Å²) in [5.74, 6) is 0. The van der Waals surface area contributed by atoms with Gasteiger partial charge in [-0.25, -0.2) is 8.42 Å². The average molecular weight is 479 g/mol. The van der Waals surface area contributed by atoms with Gasteiger partial charge in [0.25, 0.3) is 10.0 Å². The van der Waals surface area contributed by atoms with Crippen molar-refractivity contribution in [2.24, 2.45) is 0 Å². The second-order valence-corrected chi connectivity index (χ2v) is 9.39. The van der Waals surface area contributed by atoms with E-state index in [1.54, 1.807) is 12.1 Å². The van der Waals surface area contributed by atoms with E-state index in [9.17, 15) is 8.42 Å². The van der Waals surface area contributed by atoms with Crippen LogP contribution in [0.4, 0.5) is 11.4 Å². The van der Waals surface area contributed by atoms with Crippen molar-refractivity contribution >= 4 is 60.5 Å². The van der Waals surface area contributed by atoms with E-state index in [-0.39, 0.29) is 9.92 Å². The van der Waals surface area contributed by atoms with Crippen LogP contribution in [0.1, 0.15) is 12.8 Å². The lowest BCUT2D eigenvalue weighted by atomic mass is 10.1. The largest absolute Gasteiger partial charge is 0.381 e. The van der Waals surface area contributed by atoms with Gasteiger partial charge in [0.2, 0.25) is 0 Å². The minimum Gasteiger partial charge on any atom is -0.381 e. The maximum atomic E-state index is 12.6. The predicted molar refractivity (Wildman–Crippen MR) is 111 cm³/mol. The van der Waals surface area contributed by atoms with E-state index in [1.807, 2.05) is 6.07 Å². The van der Waals surface area contributed by atoms with Crippen molar-refractivity contribution in [3.63, 3.8) is 0 Å². The van der Waals surface area contributed by atoms with E-state index in [1.165, 1.54) is 18.2 Å². The zero-order chi connectivity index (χ0) is 18.7. The minimum atomic E-state index is -3.82. The molecule has 0 aliphatic carbocycles. The first-order valence-corrected chi connectivity index (χ1v) is 11.1. The normalized spacial score (nSPS) is 15.7. The van der Waals surface area contributed by atoms with E-state index < -0.39 is 10.0 Å². The van der Waals surface area contributed by atoms with Crippen LogP contribution in [0.2, 0.25) is 10.0 Å². The Bertz CT molecular complexity index is 903. The van der Waals surface area contributed by atoms with Crippen LogP contribution < -0.4 is 15.4 Å². The summed E-state index contributed by atoms with van der Waals surface area (Å²) >= 11 is 15.4. The second-order valence-electron chi connectivity index (χ2n) is 6.04. The Kier molecular flexibility index (Phi) is 6.35. The number of hydrogen-bond donors (Lipinski definition) is 3. The maximum Gasteiger partial charge on any atom is 0.263 e. The SMILES string of the molecule is O=S(=O)(Nc1ccc(Br)c(NC2CCNCC2)c1)c1ccc(Cl)cc1Cl. The molecule has 9 heteroatoms. The first kappa shape index (κ1) is 19.8. The Morgan fingerprint density at radius 2 is 1.81 bits per heavy atom. The summed E-state index contributed by atoms with van der Waals surface area (Å²) < 4.78 is 28.7. The molecule has 0 amide bonds. The molecule has 1 fully saturated rings. The first-order chi connectivity index (χ1) is 12.3. The maximum absolute atomic E-state index is 12.6. The third kappa shape index (κ3) is 4.84. The Hall–Kier alpha value is -0.990. The van der Waals surface area contributed by atoms with E-state index >= 15 is 0 Å². The lowest BCUT2D eigenvalue weighted by molar-refractivity contribution is 0.479. The van der Waals surface area contributed by atoms with Crippen molar-refractivity contribution in [3.8, 4) is 0 Å². The topological polar surface area (TPSA) is 70.2 Å². The van der Waals surface area contributed by atoms with Gasteiger partial charge in [-0.2, -0.15) is 0 Å². The van der Waals surface area contributed by atoms with Crippen molar-refractivity contribution in [1.82, 2.24) is 5.32 Å². The molecule has 140 valence electrons. The molecule has 1 saturated heterocycles. The number of piperidine rings is 1. The molecule has 3 rings (SSSR count). The van der Waals surface area contributed by atoms with Crippen molar-refractivity contribution in [2.45, 2.75) is 23.8 Å². The van der Waals surface area contributed by atoms with E-state index in [0.717, 1.165) is 36.1 Å². The summed E-state index contributed by atoms with van der Waals surface area (Å²) in [5.41, 5.74) is 1.30. The van der Waals surface area contributed by atoms with Gasteiger partial charge < -0.3 is 10.6 Å². The summed E-state index contributed by atoms with van der Waals surface area (Å²) in [6.45, 7) is 1.94. The molecule has 0 bridgehead atoms. The number of anilines is 2. The fourth-order valence-electron chi connectivity index (χ4n) is 2.79. The molecule has 2 aromatic rings. The Morgan fingerprint density at radius 1 is 1.08 bits per heavy atom. The molecule has 26 heavy (non-hydrogen) atoms. The van der Waals surface area contributed by atoms with Gasteiger partial charge in [0.05, 0.1) is 16.4 Å². The van der Waals surface area contributed by atoms with E-state index in [0.29, 0.717) is 16.8 Å². The fraction of sp³-hybridized carbons (Fsp3) is 0.294. The molecule has 3 N–H and O–H groups in total. The molecular weight excluding hydrogens is 461 g/mol. The molecule has 2 aromatic carbocycles. The van der Waals surface area contributed by atoms with Crippen molar-refractivity contribution in [2.75, 3.05) is 23.1 Å². The summed E-state index contributed by atoms with van der Waals surface area (Å²) in [6.07, 6.45) is 2.03. The Balaban J connectivity index is 1.81. The fourth-order valence-corrected chi connectivity index (χ4v) is 4.97. The zero-order valence-corrected chi connectivity index (χ0v) is 17.6. The lowest BCUT2D eigenvalue weighted by Crippen LogP contribution is -2.35. The smallest absolute Gasteiger partial charge is 0.263 e. The number of hydrogen-bond acceptors (Lipinski definition) is 4. The van der Waals surface area contributed by atoms with Crippen LogP contribution in [0.25, 0.3) is 0 Å². The van der Waals surface area contributed by atoms with Crippen LogP contribution in [0.15, 0.2) is 45.8 Å². The molecule has 0 aromatic heterocycles. The molecule has 0 atom stereocenters. The third-order valence-electron chi connectivity index (χ3n) is 4.10. The van der Waals surface area contributed by atoms with E-state index in [4.69, 9.17) is 23.2 Å². The molecule has 1 heterocycles. The van der Waals surface area contributed by atoms with Gasteiger partial charge in [-0.3, -0.25) is 4.72 Å². The molecule has 0 spiro atoms. The van der Waals surface area contributed by atoms with E-state index in [2.05, 4.69) is 31.3 Å². The van der Waals surface area contributed by atoms with Crippen LogP contribution in [-0.4, -0.2) is 27.5 Å². The highest BCUT2D eigenvalue weighted by Crippen LogP contribution is 2.31. The Labute approximate surface area is 171 Å². The third-order valence-corrected chi connectivity index (χ3v) is 6.89. The lowest BCUT2D eigenvalue weighted by Gasteiger charge is -2.25. The van der Waals surface area contributed by atoms with Crippen LogP contribution in [-0.2, 0) is 10.0 Å². The summed E-state index contributed by atoms with van der Waals surface area (Å²) in [4.78, 5) is -0.0145. The number of nitrogens with one attached hydrogen (secondary N) is 3. The molecule has 0 unspecified atom stereocenters. The quantitative estimate of drug-likeness (QED) is 0.581. The molecular formula is C17H18BrCl2N3O2S. The molecule has 0 radical (unpaired) electrons. The van der Waals surface area contributed by atoms with Crippen molar-refractivity contribution in [3.05, 3.63) is 50.9 Å². The predicted octanol–water partition coefficient (Wildman–Crippen LogP) is 4.72. The van der Waals surface area contributed by atoms with Crippen LogP contribution in [0.3, 0.4) is 0 Å². The molecule has 0 saturated carbocycles. The van der Waals surface area contributed by atoms with Gasteiger partial charge in [-0.15, -0.1) is 0 Å². The monoisotopic (exact) mass is 477 g/mol. The van der Waals surface area contributed by atoms with Gasteiger partial charge in [-0.1, -0.05) is 23.2 Å². The van der Waals surface area contributed by atoms with Gasteiger partial charge in [-0.05, 0) is 78.3 Å². The van der Waals surface area contributed by atoms with Crippen LogP contribution >= 0.6 is 39.1 Å². The van der Waals surface area contributed by atoms with Gasteiger partial charge >= 0.3 is 0 Å². The average Bonchev–Trinajstić information content (AvgIpc) is 2.58. The highest BCUT2D eigenvalue weighted by Gasteiger charge is 2.19. The summed E-state index contributed by atoms with van der Waals surface area (Å²) in [5, 5.41) is 7.25. The van der Waals surface area contributed by atoms with Crippen molar-refractivity contribution in [1.29, 1.82) is 0 Å². The standard InChI is InChI=1S/C17H18BrCl2N3O2S/c18-14-3-2-13(10-16(14)22-12-5-7-21-8-6-12)23-26(24,25)17-4-1-11(19)9-15(17)20/h1-4,9-10,12,21-23H,5-8H2.